The summed E-state index contributed by atoms with van der Waals surface area (Å²) in [5.74, 6) is 0.661. The Labute approximate surface area is 160 Å². The first-order valence-corrected chi connectivity index (χ1v) is 9.02. The largest absolute Gasteiger partial charge is 0.484 e. The second-order valence-corrected chi connectivity index (χ2v) is 6.52. The van der Waals surface area contributed by atoms with Crippen molar-refractivity contribution in [3.05, 3.63) is 54.1 Å². The van der Waals surface area contributed by atoms with E-state index >= 15 is 0 Å². The predicted octanol–water partition coefficient (Wildman–Crippen LogP) is 2.74. The van der Waals surface area contributed by atoms with E-state index in [1.165, 1.54) is 0 Å². The van der Waals surface area contributed by atoms with Gasteiger partial charge < -0.3 is 19.3 Å². The lowest BCUT2D eigenvalue weighted by Crippen LogP contribution is -2.42. The number of carbonyl (C=O) groups is 1. The van der Waals surface area contributed by atoms with E-state index in [1.807, 2.05) is 68.8 Å². The van der Waals surface area contributed by atoms with Gasteiger partial charge in [-0.2, -0.15) is 0 Å². The molecular formula is C21H25N3O3. The molecule has 3 rings (SSSR count). The van der Waals surface area contributed by atoms with Gasteiger partial charge in [-0.25, -0.2) is 0 Å². The summed E-state index contributed by atoms with van der Waals surface area (Å²) in [5, 5.41) is 0. The van der Waals surface area contributed by atoms with Gasteiger partial charge in [-0.05, 0) is 54.1 Å². The maximum absolute atomic E-state index is 12.1. The predicted molar refractivity (Wildman–Crippen MR) is 107 cm³/mol. The molecule has 142 valence electrons. The smallest absolute Gasteiger partial charge is 0.260 e. The summed E-state index contributed by atoms with van der Waals surface area (Å²) in [7, 11) is 4.02. The molecule has 0 radical (unpaired) electrons. The van der Waals surface area contributed by atoms with Crippen LogP contribution in [0.3, 0.4) is 0 Å². The number of carbonyl (C=O) groups excluding carboxylic acids is 1. The zero-order valence-corrected chi connectivity index (χ0v) is 15.8. The molecule has 0 N–H and O–H groups in total. The van der Waals surface area contributed by atoms with Gasteiger partial charge in [0, 0.05) is 39.1 Å². The van der Waals surface area contributed by atoms with Crippen LogP contribution in [-0.4, -0.2) is 64.0 Å². The highest BCUT2D eigenvalue weighted by Crippen LogP contribution is 2.18. The molecule has 1 aliphatic heterocycles. The van der Waals surface area contributed by atoms with Gasteiger partial charge >= 0.3 is 0 Å². The molecule has 1 aliphatic rings. The summed E-state index contributed by atoms with van der Waals surface area (Å²) in [4.78, 5) is 20.4. The summed E-state index contributed by atoms with van der Waals surface area (Å²) in [6, 6.07) is 15.6. The molecule has 0 aliphatic carbocycles. The third-order valence-electron chi connectivity index (χ3n) is 4.33. The van der Waals surface area contributed by atoms with Crippen molar-refractivity contribution < 1.29 is 14.3 Å². The fraction of sp³-hybridized carbons (Fsp3) is 0.333. The third kappa shape index (κ3) is 5.56. The van der Waals surface area contributed by atoms with Crippen molar-refractivity contribution in [2.75, 3.05) is 51.9 Å². The Morgan fingerprint density at radius 3 is 2.41 bits per heavy atom. The molecule has 1 saturated heterocycles. The van der Waals surface area contributed by atoms with Crippen LogP contribution in [-0.2, 0) is 9.53 Å². The van der Waals surface area contributed by atoms with Crippen molar-refractivity contribution in [1.82, 2.24) is 4.90 Å². The number of hydrogen-bond acceptors (Lipinski definition) is 5. The summed E-state index contributed by atoms with van der Waals surface area (Å²) < 4.78 is 10.8. The molecule has 0 spiro atoms. The second kappa shape index (κ2) is 9.19. The van der Waals surface area contributed by atoms with E-state index in [4.69, 9.17) is 9.47 Å². The molecule has 6 heteroatoms. The van der Waals surface area contributed by atoms with Crippen LogP contribution in [0.15, 0.2) is 53.5 Å². The Balaban J connectivity index is 1.51. The molecule has 0 atom stereocenters. The monoisotopic (exact) mass is 367 g/mol. The number of anilines is 1. The Morgan fingerprint density at radius 2 is 1.78 bits per heavy atom. The minimum atomic E-state index is -0.00916. The minimum absolute atomic E-state index is 0.00916. The van der Waals surface area contributed by atoms with Crippen LogP contribution >= 0.6 is 0 Å². The number of amides is 1. The molecule has 1 fully saturated rings. The number of benzene rings is 2. The molecule has 2 aromatic carbocycles. The maximum atomic E-state index is 12.1. The lowest BCUT2D eigenvalue weighted by atomic mass is 10.2. The van der Waals surface area contributed by atoms with Gasteiger partial charge in [0.15, 0.2) is 6.61 Å². The van der Waals surface area contributed by atoms with Gasteiger partial charge in [-0.1, -0.05) is 0 Å². The Morgan fingerprint density at radius 1 is 1.11 bits per heavy atom. The molecule has 0 unspecified atom stereocenters. The Bertz CT molecular complexity index is 764. The first kappa shape index (κ1) is 18.9. The molecule has 1 heterocycles. The summed E-state index contributed by atoms with van der Waals surface area (Å²) in [6.45, 7) is 2.50. The quantitative estimate of drug-likeness (QED) is 0.737. The van der Waals surface area contributed by atoms with Crippen LogP contribution in [0, 0.1) is 0 Å². The van der Waals surface area contributed by atoms with Crippen LogP contribution in [0.4, 0.5) is 11.4 Å². The van der Waals surface area contributed by atoms with E-state index in [0.29, 0.717) is 32.1 Å². The zero-order chi connectivity index (χ0) is 19.1. The highest BCUT2D eigenvalue weighted by molar-refractivity contribution is 5.82. The molecular weight excluding hydrogens is 342 g/mol. The van der Waals surface area contributed by atoms with E-state index in [0.717, 1.165) is 16.9 Å². The van der Waals surface area contributed by atoms with E-state index in [2.05, 4.69) is 9.89 Å². The van der Waals surface area contributed by atoms with Gasteiger partial charge in [0.2, 0.25) is 0 Å². The van der Waals surface area contributed by atoms with Gasteiger partial charge in [0.1, 0.15) is 5.75 Å². The summed E-state index contributed by atoms with van der Waals surface area (Å²) in [5.41, 5.74) is 3.01. The molecule has 6 nitrogen and oxygen atoms in total. The number of rotatable bonds is 6. The van der Waals surface area contributed by atoms with Crippen LogP contribution in [0.2, 0.25) is 0 Å². The van der Waals surface area contributed by atoms with Crippen molar-refractivity contribution in [3.63, 3.8) is 0 Å². The van der Waals surface area contributed by atoms with E-state index in [-0.39, 0.29) is 12.5 Å². The van der Waals surface area contributed by atoms with Crippen molar-refractivity contribution in [3.8, 4) is 5.75 Å². The topological polar surface area (TPSA) is 54.4 Å². The standard InChI is InChI=1S/C21H25N3O3/c1-23(2)19-7-5-18(6-8-19)22-15-17-3-9-20(10-4-17)27-16-21(25)24-11-13-26-14-12-24/h3-10,15H,11-14,16H2,1-2H3. The molecule has 0 bridgehead atoms. The number of nitrogens with zero attached hydrogens (tertiary/aromatic N) is 3. The first-order chi connectivity index (χ1) is 13.1. The van der Waals surface area contributed by atoms with Gasteiger partial charge in [-0.3, -0.25) is 9.79 Å². The average Bonchev–Trinajstić information content (AvgIpc) is 2.72. The highest BCUT2D eigenvalue weighted by Gasteiger charge is 2.16. The zero-order valence-electron chi connectivity index (χ0n) is 15.8. The number of aliphatic imine (C=N–C) groups is 1. The summed E-state index contributed by atoms with van der Waals surface area (Å²) in [6.07, 6.45) is 1.81. The second-order valence-electron chi connectivity index (χ2n) is 6.52. The minimum Gasteiger partial charge on any atom is -0.484 e. The van der Waals surface area contributed by atoms with Crippen molar-refractivity contribution in [1.29, 1.82) is 0 Å². The van der Waals surface area contributed by atoms with Crippen LogP contribution in [0.5, 0.6) is 5.75 Å². The number of hydrogen-bond donors (Lipinski definition) is 0. The molecule has 0 aromatic heterocycles. The van der Waals surface area contributed by atoms with Crippen LogP contribution < -0.4 is 9.64 Å². The lowest BCUT2D eigenvalue weighted by Gasteiger charge is -2.26. The van der Waals surface area contributed by atoms with E-state index in [9.17, 15) is 4.79 Å². The molecule has 0 saturated carbocycles. The van der Waals surface area contributed by atoms with Crippen molar-refractivity contribution >= 4 is 23.5 Å². The van der Waals surface area contributed by atoms with E-state index in [1.54, 1.807) is 4.90 Å². The van der Waals surface area contributed by atoms with E-state index < -0.39 is 0 Å². The lowest BCUT2D eigenvalue weighted by molar-refractivity contribution is -0.137. The van der Waals surface area contributed by atoms with Crippen LogP contribution in [0.1, 0.15) is 5.56 Å². The maximum Gasteiger partial charge on any atom is 0.260 e. The molecule has 2 aromatic rings. The normalized spacial score (nSPS) is 14.4. The summed E-state index contributed by atoms with van der Waals surface area (Å²) >= 11 is 0. The Hall–Kier alpha value is -2.86. The molecule has 1 amide bonds. The highest BCUT2D eigenvalue weighted by atomic mass is 16.5. The number of morpholine rings is 1. The van der Waals surface area contributed by atoms with Gasteiger partial charge in [-0.15, -0.1) is 0 Å². The Kier molecular flexibility index (Phi) is 6.44. The first-order valence-electron chi connectivity index (χ1n) is 9.02. The van der Waals surface area contributed by atoms with Crippen molar-refractivity contribution in [2.45, 2.75) is 0 Å². The third-order valence-corrected chi connectivity index (χ3v) is 4.33. The van der Waals surface area contributed by atoms with Crippen LogP contribution in [0.25, 0.3) is 0 Å². The average molecular weight is 367 g/mol. The fourth-order valence-corrected chi connectivity index (χ4v) is 2.69. The van der Waals surface area contributed by atoms with Crippen molar-refractivity contribution in [2.24, 2.45) is 4.99 Å². The van der Waals surface area contributed by atoms with Gasteiger partial charge in [0.05, 0.1) is 18.9 Å². The fourth-order valence-electron chi connectivity index (χ4n) is 2.69. The number of ether oxygens (including phenoxy) is 2. The van der Waals surface area contributed by atoms with Gasteiger partial charge in [0.25, 0.3) is 5.91 Å². The molecule has 27 heavy (non-hydrogen) atoms. The SMILES string of the molecule is CN(C)c1ccc(N=Cc2ccc(OCC(=O)N3CCOCC3)cc2)cc1.